The van der Waals surface area contributed by atoms with Crippen LogP contribution in [0.2, 0.25) is 0 Å². The van der Waals surface area contributed by atoms with E-state index in [-0.39, 0.29) is 0 Å². The van der Waals surface area contributed by atoms with Crippen molar-refractivity contribution in [3.63, 3.8) is 0 Å². The van der Waals surface area contributed by atoms with Gasteiger partial charge < -0.3 is 4.90 Å². The summed E-state index contributed by atoms with van der Waals surface area (Å²) in [5.74, 6) is 0. The molecule has 0 bridgehead atoms. The minimum atomic E-state index is 0.291. The highest BCUT2D eigenvalue weighted by molar-refractivity contribution is 7.13. The molecule has 1 aliphatic heterocycles. The Labute approximate surface area is 74.0 Å². The number of halogens is 1. The Balaban J connectivity index is 2.08. The topological polar surface area (TPSA) is 29.0 Å². The first-order valence-corrected chi connectivity index (χ1v) is 4.83. The molecule has 0 N–H and O–H groups in total. The van der Waals surface area contributed by atoms with Crippen molar-refractivity contribution in [2.24, 2.45) is 0 Å². The molecule has 1 unspecified atom stereocenters. The standard InChI is InChI=1S/C6H8ClN3S/c7-5-1-2-10(3-5)6-9-8-4-11-6/h4-5H,1-3H2. The molecule has 1 aliphatic rings. The van der Waals surface area contributed by atoms with Crippen molar-refractivity contribution in [2.45, 2.75) is 11.8 Å². The Morgan fingerprint density at radius 1 is 1.73 bits per heavy atom. The predicted octanol–water partition coefficient (Wildman–Crippen LogP) is 1.36. The highest BCUT2D eigenvalue weighted by Gasteiger charge is 2.21. The molecular formula is C6H8ClN3S. The number of anilines is 1. The molecular weight excluding hydrogens is 182 g/mol. The molecule has 1 aromatic heterocycles. The predicted molar refractivity (Wildman–Crippen MR) is 46.4 cm³/mol. The largest absolute Gasteiger partial charge is 0.345 e. The summed E-state index contributed by atoms with van der Waals surface area (Å²) in [4.78, 5) is 2.18. The Kier molecular flexibility index (Phi) is 1.96. The molecule has 11 heavy (non-hydrogen) atoms. The van der Waals surface area contributed by atoms with E-state index in [9.17, 15) is 0 Å². The van der Waals surface area contributed by atoms with E-state index >= 15 is 0 Å². The summed E-state index contributed by atoms with van der Waals surface area (Å²) in [7, 11) is 0. The van der Waals surface area contributed by atoms with Crippen LogP contribution in [-0.2, 0) is 0 Å². The average molecular weight is 190 g/mol. The van der Waals surface area contributed by atoms with Crippen LogP contribution in [0.5, 0.6) is 0 Å². The van der Waals surface area contributed by atoms with Gasteiger partial charge in [0.1, 0.15) is 5.51 Å². The summed E-state index contributed by atoms with van der Waals surface area (Å²) < 4.78 is 0. The molecule has 1 atom stereocenters. The molecule has 2 heterocycles. The Morgan fingerprint density at radius 3 is 3.18 bits per heavy atom. The summed E-state index contributed by atoms with van der Waals surface area (Å²) >= 11 is 7.51. The molecule has 0 spiro atoms. The maximum atomic E-state index is 5.94. The van der Waals surface area contributed by atoms with Crippen LogP contribution in [0.4, 0.5) is 5.13 Å². The van der Waals surface area contributed by atoms with Crippen molar-refractivity contribution in [1.82, 2.24) is 10.2 Å². The first-order valence-electron chi connectivity index (χ1n) is 3.51. The smallest absolute Gasteiger partial charge is 0.208 e. The van der Waals surface area contributed by atoms with E-state index < -0.39 is 0 Å². The van der Waals surface area contributed by atoms with Crippen molar-refractivity contribution in [2.75, 3.05) is 18.0 Å². The van der Waals surface area contributed by atoms with Crippen LogP contribution in [0.3, 0.4) is 0 Å². The van der Waals surface area contributed by atoms with Gasteiger partial charge in [-0.3, -0.25) is 0 Å². The lowest BCUT2D eigenvalue weighted by Gasteiger charge is -2.11. The minimum absolute atomic E-state index is 0.291. The van der Waals surface area contributed by atoms with Crippen molar-refractivity contribution >= 4 is 28.1 Å². The highest BCUT2D eigenvalue weighted by Crippen LogP contribution is 2.23. The number of aromatic nitrogens is 2. The third-order valence-electron chi connectivity index (χ3n) is 1.75. The summed E-state index contributed by atoms with van der Waals surface area (Å²) in [6.07, 6.45) is 1.06. The van der Waals surface area contributed by atoms with Crippen molar-refractivity contribution in [3.8, 4) is 0 Å². The zero-order valence-corrected chi connectivity index (χ0v) is 7.48. The van der Waals surface area contributed by atoms with Crippen molar-refractivity contribution in [1.29, 1.82) is 0 Å². The maximum Gasteiger partial charge on any atom is 0.208 e. The molecule has 0 radical (unpaired) electrons. The molecule has 0 aliphatic carbocycles. The molecule has 1 aromatic rings. The molecule has 1 saturated heterocycles. The van der Waals surface area contributed by atoms with Crippen LogP contribution in [0.15, 0.2) is 5.51 Å². The van der Waals surface area contributed by atoms with E-state index in [1.54, 1.807) is 16.8 Å². The Bertz CT molecular complexity index is 226. The van der Waals surface area contributed by atoms with Gasteiger partial charge in [0.05, 0.1) is 5.38 Å². The number of rotatable bonds is 1. The van der Waals surface area contributed by atoms with Gasteiger partial charge in [-0.25, -0.2) is 0 Å². The summed E-state index contributed by atoms with van der Waals surface area (Å²) in [6.45, 7) is 1.93. The third-order valence-corrected chi connectivity index (χ3v) is 2.86. The lowest BCUT2D eigenvalue weighted by molar-refractivity contribution is 0.928. The van der Waals surface area contributed by atoms with Crippen LogP contribution in [0, 0.1) is 0 Å². The molecule has 0 aromatic carbocycles. The molecule has 0 amide bonds. The van der Waals surface area contributed by atoms with Crippen LogP contribution in [-0.4, -0.2) is 28.7 Å². The SMILES string of the molecule is ClC1CCN(c2nncs2)C1. The molecule has 1 fully saturated rings. The average Bonchev–Trinajstić information content (AvgIpc) is 2.55. The van der Waals surface area contributed by atoms with Gasteiger partial charge in [0.15, 0.2) is 0 Å². The monoisotopic (exact) mass is 189 g/mol. The van der Waals surface area contributed by atoms with Gasteiger partial charge >= 0.3 is 0 Å². The van der Waals surface area contributed by atoms with Gasteiger partial charge in [-0.2, -0.15) is 0 Å². The zero-order valence-electron chi connectivity index (χ0n) is 5.90. The van der Waals surface area contributed by atoms with E-state index in [1.165, 1.54) is 0 Å². The van der Waals surface area contributed by atoms with Crippen LogP contribution >= 0.6 is 22.9 Å². The summed E-state index contributed by atoms with van der Waals surface area (Å²) in [6, 6.07) is 0. The fraction of sp³-hybridized carbons (Fsp3) is 0.667. The lowest BCUT2D eigenvalue weighted by atomic mass is 10.4. The van der Waals surface area contributed by atoms with Crippen LogP contribution in [0.25, 0.3) is 0 Å². The minimum Gasteiger partial charge on any atom is -0.345 e. The van der Waals surface area contributed by atoms with Crippen LogP contribution < -0.4 is 4.90 Å². The fourth-order valence-corrected chi connectivity index (χ4v) is 2.06. The second-order valence-electron chi connectivity index (χ2n) is 2.55. The van der Waals surface area contributed by atoms with Gasteiger partial charge in [0.25, 0.3) is 0 Å². The maximum absolute atomic E-state index is 5.94. The second kappa shape index (κ2) is 2.95. The number of alkyl halides is 1. The first kappa shape index (κ1) is 7.31. The fourth-order valence-electron chi connectivity index (χ4n) is 1.20. The lowest BCUT2D eigenvalue weighted by Crippen LogP contribution is -2.19. The van der Waals surface area contributed by atoms with E-state index in [1.807, 2.05) is 0 Å². The van der Waals surface area contributed by atoms with Gasteiger partial charge in [-0.1, -0.05) is 11.3 Å². The van der Waals surface area contributed by atoms with Crippen molar-refractivity contribution in [3.05, 3.63) is 5.51 Å². The molecule has 60 valence electrons. The number of nitrogens with zero attached hydrogens (tertiary/aromatic N) is 3. The van der Waals surface area contributed by atoms with E-state index in [0.29, 0.717) is 5.38 Å². The molecule has 0 saturated carbocycles. The summed E-state index contributed by atoms with van der Waals surface area (Å²) in [5, 5.41) is 9.03. The number of hydrogen-bond acceptors (Lipinski definition) is 4. The van der Waals surface area contributed by atoms with E-state index in [2.05, 4.69) is 15.1 Å². The number of hydrogen-bond donors (Lipinski definition) is 0. The van der Waals surface area contributed by atoms with Gasteiger partial charge in [0.2, 0.25) is 5.13 Å². The molecule has 3 nitrogen and oxygen atoms in total. The quantitative estimate of drug-likeness (QED) is 0.625. The zero-order chi connectivity index (χ0) is 7.68. The van der Waals surface area contributed by atoms with Gasteiger partial charge in [-0.05, 0) is 6.42 Å². The summed E-state index contributed by atoms with van der Waals surface area (Å²) in [5.41, 5.74) is 1.75. The van der Waals surface area contributed by atoms with Crippen molar-refractivity contribution < 1.29 is 0 Å². The van der Waals surface area contributed by atoms with E-state index in [4.69, 9.17) is 11.6 Å². The second-order valence-corrected chi connectivity index (χ2v) is 3.98. The normalized spacial score (nSPS) is 24.5. The molecule has 2 rings (SSSR count). The third kappa shape index (κ3) is 1.46. The first-order chi connectivity index (χ1) is 5.36. The Hall–Kier alpha value is -0.350. The highest BCUT2D eigenvalue weighted by atomic mass is 35.5. The molecule has 5 heteroatoms. The van der Waals surface area contributed by atoms with Gasteiger partial charge in [-0.15, -0.1) is 21.8 Å². The van der Waals surface area contributed by atoms with Gasteiger partial charge in [0, 0.05) is 13.1 Å². The Morgan fingerprint density at radius 2 is 2.64 bits per heavy atom. The van der Waals surface area contributed by atoms with Crippen LogP contribution in [0.1, 0.15) is 6.42 Å². The van der Waals surface area contributed by atoms with E-state index in [0.717, 1.165) is 24.6 Å².